The summed E-state index contributed by atoms with van der Waals surface area (Å²) in [6.45, 7) is 8.89. The van der Waals surface area contributed by atoms with Gasteiger partial charge < -0.3 is 38.0 Å². The number of carbonyl (C=O) groups is 2. The van der Waals surface area contributed by atoms with Crippen LogP contribution in [0, 0.1) is 11.3 Å². The third kappa shape index (κ3) is 12.3. The minimum atomic E-state index is -1.71. The van der Waals surface area contributed by atoms with Crippen molar-refractivity contribution in [1.82, 2.24) is 24.2 Å². The highest BCUT2D eigenvalue weighted by molar-refractivity contribution is 7.44. The zero-order valence-electron chi connectivity index (χ0n) is 46.3. The standard InChI is InChI=1S/C64H66N7O9P/c1-42(2)71(43(3)4)81(78-36-14-35-65)80-56-37-58(79-57(56)39-77-64(46-15-8-7-9-16-46,47-26-30-49(74-5)31-27-47)48-28-32-50(75-6)33-29-48)70-41-68-60-61(66-40-67-62(60)70)69-63(73)45-24-21-44(22-25-45)23-34-59(72)76-38-55-53-19-12-10-17-51(53)52-18-11-13-20-54(52)55/h7-13,15-22,24-33,40-43,55-58H,14,23,34,36-39H2,1-6H3,(H,66,67,69,73)/t56?,57-,58-,81?/m1/s1. The van der Waals surface area contributed by atoms with Crippen molar-refractivity contribution in [2.75, 3.05) is 39.4 Å². The fraction of sp³-hybridized carbons (Fsp3) is 0.312. The molecule has 1 saturated heterocycles. The minimum absolute atomic E-state index is 0.0120. The number of imidazole rings is 1. The SMILES string of the molecule is COc1ccc(C(OC[C@H]2O[C@@H](n3cnc4c(NC(=O)c5ccc(CCC(=O)OCC6c7ccccc7-c7ccccc76)cc5)ncnc43)CC2OP(OCCC#N)N(C(C)C)C(C)C)(c2ccccc2)c2ccc(OC)cc2)cc1. The fourth-order valence-electron chi connectivity index (χ4n) is 10.9. The largest absolute Gasteiger partial charge is 0.497 e. The van der Waals surface area contributed by atoms with Crippen LogP contribution in [0.2, 0.25) is 0 Å². The number of fused-ring (bicyclic) bond motifs is 4. The number of nitrogens with one attached hydrogen (secondary N) is 1. The van der Waals surface area contributed by atoms with E-state index in [0.29, 0.717) is 41.1 Å². The molecular formula is C64H66N7O9P. The summed E-state index contributed by atoms with van der Waals surface area (Å²) in [6.07, 6.45) is 2.27. The van der Waals surface area contributed by atoms with E-state index < -0.39 is 38.5 Å². The Morgan fingerprint density at radius 2 is 1.37 bits per heavy atom. The number of rotatable bonds is 24. The predicted molar refractivity (Wildman–Crippen MR) is 310 cm³/mol. The molecule has 8 aromatic rings. The Hall–Kier alpha value is -7.87. The molecule has 0 saturated carbocycles. The number of carbonyl (C=O) groups excluding carboxylic acids is 2. The number of esters is 1. The van der Waals surface area contributed by atoms with Crippen LogP contribution in [-0.2, 0) is 40.1 Å². The van der Waals surface area contributed by atoms with E-state index >= 15 is 0 Å². The third-order valence-electron chi connectivity index (χ3n) is 14.8. The molecule has 17 heteroatoms. The summed E-state index contributed by atoms with van der Waals surface area (Å²) in [5, 5.41) is 12.5. The van der Waals surface area contributed by atoms with E-state index in [1.54, 1.807) is 32.7 Å². The number of benzene rings is 6. The molecule has 0 spiro atoms. The Morgan fingerprint density at radius 1 is 0.765 bits per heavy atom. The van der Waals surface area contributed by atoms with E-state index in [-0.39, 0.29) is 62.5 Å². The molecule has 1 aliphatic carbocycles. The molecule has 0 bridgehead atoms. The summed E-state index contributed by atoms with van der Waals surface area (Å²) in [6, 6.07) is 51.7. The summed E-state index contributed by atoms with van der Waals surface area (Å²) in [7, 11) is 1.57. The van der Waals surface area contributed by atoms with Crippen LogP contribution >= 0.6 is 8.53 Å². The van der Waals surface area contributed by atoms with Gasteiger partial charge in [-0.15, -0.1) is 0 Å². The quantitative estimate of drug-likeness (QED) is 0.0261. The van der Waals surface area contributed by atoms with Gasteiger partial charge in [0, 0.05) is 36.4 Å². The number of anilines is 1. The van der Waals surface area contributed by atoms with Crippen molar-refractivity contribution in [2.45, 2.75) is 95.4 Å². The number of amides is 1. The Morgan fingerprint density at radius 3 is 1.98 bits per heavy atom. The molecule has 1 N–H and O–H groups in total. The van der Waals surface area contributed by atoms with Gasteiger partial charge in [0.2, 0.25) is 0 Å². The predicted octanol–water partition coefficient (Wildman–Crippen LogP) is 12.3. The van der Waals surface area contributed by atoms with E-state index in [1.807, 2.05) is 120 Å². The summed E-state index contributed by atoms with van der Waals surface area (Å²) in [4.78, 5) is 40.8. The van der Waals surface area contributed by atoms with Gasteiger partial charge in [-0.05, 0) is 115 Å². The second kappa shape index (κ2) is 25.7. The van der Waals surface area contributed by atoms with Crippen molar-refractivity contribution < 1.29 is 42.3 Å². The first-order valence-electron chi connectivity index (χ1n) is 27.3. The van der Waals surface area contributed by atoms with Crippen LogP contribution in [0.5, 0.6) is 11.5 Å². The third-order valence-corrected chi connectivity index (χ3v) is 17.0. The van der Waals surface area contributed by atoms with Gasteiger partial charge in [0.1, 0.15) is 42.4 Å². The lowest BCUT2D eigenvalue weighted by Gasteiger charge is -2.39. The molecule has 4 atom stereocenters. The second-order valence-electron chi connectivity index (χ2n) is 20.5. The van der Waals surface area contributed by atoms with Crippen molar-refractivity contribution >= 4 is 37.4 Å². The molecule has 1 aliphatic heterocycles. The highest BCUT2D eigenvalue weighted by Crippen LogP contribution is 2.51. The second-order valence-corrected chi connectivity index (χ2v) is 21.9. The number of hydrogen-bond acceptors (Lipinski definition) is 14. The van der Waals surface area contributed by atoms with Crippen molar-refractivity contribution in [1.29, 1.82) is 5.26 Å². The zero-order valence-corrected chi connectivity index (χ0v) is 47.2. The average molecular weight is 1110 g/mol. The lowest BCUT2D eigenvalue weighted by atomic mass is 9.80. The van der Waals surface area contributed by atoms with Crippen molar-refractivity contribution in [2.24, 2.45) is 0 Å². The lowest BCUT2D eigenvalue weighted by molar-refractivity contribution is -0.143. The van der Waals surface area contributed by atoms with E-state index in [2.05, 4.69) is 78.0 Å². The highest BCUT2D eigenvalue weighted by atomic mass is 31.2. The molecule has 2 aromatic heterocycles. The number of methoxy groups -OCH3 is 2. The molecule has 2 aliphatic rings. The van der Waals surface area contributed by atoms with Crippen LogP contribution in [0.4, 0.5) is 5.82 Å². The van der Waals surface area contributed by atoms with Gasteiger partial charge in [0.15, 0.2) is 17.0 Å². The molecule has 1 amide bonds. The normalized spacial score (nSPS) is 16.3. The van der Waals surface area contributed by atoms with Gasteiger partial charge in [-0.1, -0.05) is 115 Å². The Balaban J connectivity index is 0.877. The molecule has 416 valence electrons. The van der Waals surface area contributed by atoms with E-state index in [4.69, 9.17) is 37.7 Å². The van der Waals surface area contributed by atoms with Crippen LogP contribution in [0.1, 0.15) is 103 Å². The molecule has 81 heavy (non-hydrogen) atoms. The molecule has 16 nitrogen and oxygen atoms in total. The number of ether oxygens (including phenoxy) is 5. The summed E-state index contributed by atoms with van der Waals surface area (Å²) in [5.41, 5.74) is 8.20. The van der Waals surface area contributed by atoms with Crippen LogP contribution in [0.25, 0.3) is 22.3 Å². The van der Waals surface area contributed by atoms with E-state index in [1.165, 1.54) is 28.6 Å². The number of hydrogen-bond donors (Lipinski definition) is 1. The summed E-state index contributed by atoms with van der Waals surface area (Å²) < 4.78 is 49.1. The van der Waals surface area contributed by atoms with Gasteiger partial charge in [-0.25, -0.2) is 19.6 Å². The van der Waals surface area contributed by atoms with Crippen molar-refractivity contribution in [3.8, 4) is 28.7 Å². The summed E-state index contributed by atoms with van der Waals surface area (Å²) in [5.74, 6) is 0.933. The number of aryl methyl sites for hydroxylation is 1. The fourth-order valence-corrected chi connectivity index (χ4v) is 12.7. The van der Waals surface area contributed by atoms with Crippen LogP contribution in [0.3, 0.4) is 0 Å². The van der Waals surface area contributed by atoms with E-state index in [9.17, 15) is 14.9 Å². The maximum atomic E-state index is 13.9. The van der Waals surface area contributed by atoms with Gasteiger partial charge in [0.05, 0.1) is 52.4 Å². The first-order chi connectivity index (χ1) is 39.5. The van der Waals surface area contributed by atoms with Crippen LogP contribution < -0.4 is 14.8 Å². The van der Waals surface area contributed by atoms with Crippen molar-refractivity contribution in [3.05, 3.63) is 203 Å². The molecule has 6 aromatic carbocycles. The average Bonchev–Trinajstić information content (AvgIpc) is 4.30. The zero-order chi connectivity index (χ0) is 56.5. The molecule has 2 unspecified atom stereocenters. The maximum absolute atomic E-state index is 13.9. The molecule has 3 heterocycles. The first-order valence-corrected chi connectivity index (χ1v) is 28.4. The maximum Gasteiger partial charge on any atom is 0.306 e. The Labute approximate surface area is 473 Å². The van der Waals surface area contributed by atoms with E-state index in [0.717, 1.165) is 22.3 Å². The first kappa shape index (κ1) is 56.4. The summed E-state index contributed by atoms with van der Waals surface area (Å²) >= 11 is 0. The van der Waals surface area contributed by atoms with Crippen molar-refractivity contribution in [3.63, 3.8) is 0 Å². The van der Waals surface area contributed by atoms with Gasteiger partial charge in [-0.2, -0.15) is 5.26 Å². The topological polar surface area (TPSA) is 181 Å². The minimum Gasteiger partial charge on any atom is -0.497 e. The number of nitriles is 1. The Bertz CT molecular complexity index is 3360. The molecule has 10 rings (SSSR count). The van der Waals surface area contributed by atoms with Gasteiger partial charge >= 0.3 is 5.97 Å². The van der Waals surface area contributed by atoms with Crippen LogP contribution in [-0.4, -0.2) is 94.4 Å². The monoisotopic (exact) mass is 1110 g/mol. The van der Waals surface area contributed by atoms with Crippen LogP contribution in [0.15, 0.2) is 164 Å². The number of aromatic nitrogens is 4. The number of nitrogens with zero attached hydrogens (tertiary/aromatic N) is 6. The highest BCUT2D eigenvalue weighted by Gasteiger charge is 2.45. The Kier molecular flexibility index (Phi) is 17.9. The van der Waals surface area contributed by atoms with Gasteiger partial charge in [0.25, 0.3) is 14.4 Å². The van der Waals surface area contributed by atoms with Gasteiger partial charge in [-0.3, -0.25) is 14.2 Å². The lowest BCUT2D eigenvalue weighted by Crippen LogP contribution is -2.39. The molecule has 1 fully saturated rings. The smallest absolute Gasteiger partial charge is 0.306 e. The molecular weight excluding hydrogens is 1040 g/mol. The molecule has 0 radical (unpaired) electrons.